The van der Waals surface area contributed by atoms with Gasteiger partial charge in [-0.15, -0.1) is 0 Å². The second-order valence-corrected chi connectivity index (χ2v) is 8.16. The highest BCUT2D eigenvalue weighted by atomic mass is 16.1. The number of nitrogens with one attached hydrogen (secondary N) is 1. The van der Waals surface area contributed by atoms with E-state index in [0.717, 1.165) is 34.9 Å². The summed E-state index contributed by atoms with van der Waals surface area (Å²) >= 11 is 0. The zero-order valence-electron chi connectivity index (χ0n) is 17.8. The SMILES string of the molecule is CN(C)CCn1c2c(c(Nc3ccccc3)c1-c1ccncc1)C(=O)CC(C(N)=O)C2. The molecule has 0 aliphatic heterocycles. The number of ketones is 1. The number of nitrogens with zero attached hydrogens (tertiary/aromatic N) is 3. The zero-order valence-corrected chi connectivity index (χ0v) is 17.8. The van der Waals surface area contributed by atoms with Gasteiger partial charge in [0.05, 0.1) is 22.9 Å². The topological polar surface area (TPSA) is 93.2 Å². The molecular weight excluding hydrogens is 390 g/mol. The Labute approximate surface area is 181 Å². The van der Waals surface area contributed by atoms with Gasteiger partial charge >= 0.3 is 0 Å². The average Bonchev–Trinajstić information content (AvgIpc) is 3.07. The normalized spacial score (nSPS) is 15.7. The number of amides is 1. The van der Waals surface area contributed by atoms with E-state index in [1.807, 2.05) is 56.6 Å². The minimum atomic E-state index is -0.483. The van der Waals surface area contributed by atoms with Gasteiger partial charge in [-0.3, -0.25) is 14.6 Å². The third-order valence-corrected chi connectivity index (χ3v) is 5.69. The molecule has 2 aromatic heterocycles. The number of carbonyl (C=O) groups is 2. The predicted molar refractivity (Wildman–Crippen MR) is 121 cm³/mol. The van der Waals surface area contributed by atoms with Gasteiger partial charge in [0.25, 0.3) is 0 Å². The number of pyridine rings is 1. The highest BCUT2D eigenvalue weighted by Crippen LogP contribution is 2.42. The lowest BCUT2D eigenvalue weighted by Gasteiger charge is -2.22. The fourth-order valence-corrected chi connectivity index (χ4v) is 4.16. The predicted octanol–water partition coefficient (Wildman–Crippen LogP) is 3.09. The summed E-state index contributed by atoms with van der Waals surface area (Å²) in [6.45, 7) is 1.47. The Morgan fingerprint density at radius 3 is 2.52 bits per heavy atom. The number of benzene rings is 1. The zero-order chi connectivity index (χ0) is 22.0. The third-order valence-electron chi connectivity index (χ3n) is 5.69. The Bertz CT molecular complexity index is 1090. The molecule has 1 unspecified atom stereocenters. The van der Waals surface area contributed by atoms with Gasteiger partial charge in [-0.25, -0.2) is 0 Å². The summed E-state index contributed by atoms with van der Waals surface area (Å²) in [7, 11) is 4.03. The van der Waals surface area contributed by atoms with Crippen LogP contribution in [0.4, 0.5) is 11.4 Å². The van der Waals surface area contributed by atoms with Crippen LogP contribution in [-0.2, 0) is 17.8 Å². The van der Waals surface area contributed by atoms with Crippen molar-refractivity contribution in [3.05, 3.63) is 66.1 Å². The van der Waals surface area contributed by atoms with E-state index in [1.165, 1.54) is 0 Å². The summed E-state index contributed by atoms with van der Waals surface area (Å²) in [5.41, 5.74) is 10.7. The number of nitrogens with two attached hydrogens (primary N) is 1. The van der Waals surface area contributed by atoms with Crippen LogP contribution in [0.3, 0.4) is 0 Å². The standard InChI is InChI=1S/C24H27N5O2/c1-28(2)12-13-29-19-14-17(24(25)31)15-20(30)21(19)22(27-18-6-4-3-5-7-18)23(29)16-8-10-26-11-9-16/h3-11,17,27H,12-15H2,1-2H3,(H2,25,31). The van der Waals surface area contributed by atoms with Crippen LogP contribution in [0.5, 0.6) is 0 Å². The van der Waals surface area contributed by atoms with E-state index in [2.05, 4.69) is 19.8 Å². The quantitative estimate of drug-likeness (QED) is 0.616. The molecule has 1 atom stereocenters. The minimum absolute atomic E-state index is 0.0533. The van der Waals surface area contributed by atoms with E-state index in [1.54, 1.807) is 12.4 Å². The second-order valence-electron chi connectivity index (χ2n) is 8.16. The van der Waals surface area contributed by atoms with E-state index in [-0.39, 0.29) is 12.2 Å². The van der Waals surface area contributed by atoms with Crippen LogP contribution in [0.2, 0.25) is 0 Å². The molecule has 3 N–H and O–H groups in total. The van der Waals surface area contributed by atoms with E-state index in [4.69, 9.17) is 5.73 Å². The van der Waals surface area contributed by atoms with Crippen molar-refractivity contribution in [2.45, 2.75) is 19.4 Å². The smallest absolute Gasteiger partial charge is 0.221 e. The van der Waals surface area contributed by atoms with Gasteiger partial charge in [0.15, 0.2) is 5.78 Å². The monoisotopic (exact) mass is 417 g/mol. The molecule has 0 spiro atoms. The highest BCUT2D eigenvalue weighted by molar-refractivity contribution is 6.09. The van der Waals surface area contributed by atoms with Crippen LogP contribution in [0.1, 0.15) is 22.5 Å². The van der Waals surface area contributed by atoms with Gasteiger partial charge in [0.1, 0.15) is 0 Å². The largest absolute Gasteiger partial charge is 0.369 e. The van der Waals surface area contributed by atoms with Gasteiger partial charge in [0, 0.05) is 55.3 Å². The third kappa shape index (κ3) is 4.22. The number of carbonyl (C=O) groups excluding carboxylic acids is 2. The first kappa shape index (κ1) is 20.8. The van der Waals surface area contributed by atoms with Crippen LogP contribution in [0.15, 0.2) is 54.9 Å². The summed E-state index contributed by atoms with van der Waals surface area (Å²) in [6.07, 6.45) is 4.09. The Hall–Kier alpha value is -3.45. The lowest BCUT2D eigenvalue weighted by atomic mass is 9.85. The summed E-state index contributed by atoms with van der Waals surface area (Å²) in [5.74, 6) is -0.965. The summed E-state index contributed by atoms with van der Waals surface area (Å²) in [5, 5.41) is 3.49. The Morgan fingerprint density at radius 2 is 1.87 bits per heavy atom. The van der Waals surface area contributed by atoms with E-state index in [0.29, 0.717) is 18.5 Å². The van der Waals surface area contributed by atoms with Gasteiger partial charge in [-0.05, 0) is 38.4 Å². The molecule has 7 nitrogen and oxygen atoms in total. The van der Waals surface area contributed by atoms with Crippen LogP contribution in [0, 0.1) is 5.92 Å². The average molecular weight is 418 g/mol. The molecule has 160 valence electrons. The van der Waals surface area contributed by atoms with Crippen molar-refractivity contribution in [3.8, 4) is 11.3 Å². The van der Waals surface area contributed by atoms with E-state index in [9.17, 15) is 9.59 Å². The summed E-state index contributed by atoms with van der Waals surface area (Å²) in [4.78, 5) is 31.5. The number of hydrogen-bond donors (Lipinski definition) is 2. The number of fused-ring (bicyclic) bond motifs is 1. The van der Waals surface area contributed by atoms with Crippen LogP contribution in [-0.4, -0.2) is 46.8 Å². The molecule has 0 fully saturated rings. The molecule has 0 saturated heterocycles. The summed E-state index contributed by atoms with van der Waals surface area (Å²) < 4.78 is 2.17. The molecule has 1 aliphatic rings. The van der Waals surface area contributed by atoms with Crippen molar-refractivity contribution in [1.29, 1.82) is 0 Å². The van der Waals surface area contributed by atoms with Gasteiger partial charge < -0.3 is 20.5 Å². The molecule has 0 radical (unpaired) electrons. The second kappa shape index (κ2) is 8.73. The maximum atomic E-state index is 13.3. The number of anilines is 2. The lowest BCUT2D eigenvalue weighted by molar-refractivity contribution is -0.121. The van der Waals surface area contributed by atoms with Gasteiger partial charge in [-0.2, -0.15) is 0 Å². The Kier molecular flexibility index (Phi) is 5.86. The number of para-hydroxylation sites is 1. The lowest BCUT2D eigenvalue weighted by Crippen LogP contribution is -2.32. The fourth-order valence-electron chi connectivity index (χ4n) is 4.16. The fraction of sp³-hybridized carbons (Fsp3) is 0.292. The Morgan fingerprint density at radius 1 is 1.16 bits per heavy atom. The van der Waals surface area contributed by atoms with Crippen LogP contribution >= 0.6 is 0 Å². The molecular formula is C24H27N5O2. The molecule has 1 aliphatic carbocycles. The van der Waals surface area contributed by atoms with Gasteiger partial charge in [-0.1, -0.05) is 18.2 Å². The van der Waals surface area contributed by atoms with E-state index >= 15 is 0 Å². The molecule has 31 heavy (non-hydrogen) atoms. The number of aromatic nitrogens is 2. The first-order valence-electron chi connectivity index (χ1n) is 10.4. The molecule has 2 heterocycles. The van der Waals surface area contributed by atoms with Crippen molar-refractivity contribution in [2.75, 3.05) is 26.0 Å². The molecule has 4 rings (SSSR count). The molecule has 3 aromatic rings. The minimum Gasteiger partial charge on any atom is -0.369 e. The molecule has 1 aromatic carbocycles. The van der Waals surface area contributed by atoms with Crippen molar-refractivity contribution in [1.82, 2.24) is 14.5 Å². The summed E-state index contributed by atoms with van der Waals surface area (Å²) in [6, 6.07) is 13.7. The first-order chi connectivity index (χ1) is 15.0. The van der Waals surface area contributed by atoms with Crippen molar-refractivity contribution in [2.24, 2.45) is 11.7 Å². The van der Waals surface area contributed by atoms with Crippen LogP contribution < -0.4 is 11.1 Å². The van der Waals surface area contributed by atoms with Crippen LogP contribution in [0.25, 0.3) is 11.3 Å². The molecule has 0 saturated carbocycles. The van der Waals surface area contributed by atoms with Crippen molar-refractivity contribution in [3.63, 3.8) is 0 Å². The number of likely N-dealkylation sites (N-methyl/N-ethyl adjacent to an activating group) is 1. The van der Waals surface area contributed by atoms with Gasteiger partial charge in [0.2, 0.25) is 5.91 Å². The number of rotatable bonds is 7. The maximum Gasteiger partial charge on any atom is 0.221 e. The maximum absolute atomic E-state index is 13.3. The molecule has 7 heteroatoms. The molecule has 0 bridgehead atoms. The first-order valence-corrected chi connectivity index (χ1v) is 10.4. The van der Waals surface area contributed by atoms with Crippen molar-refractivity contribution < 1.29 is 9.59 Å². The highest BCUT2D eigenvalue weighted by Gasteiger charge is 2.36. The Balaban J connectivity index is 1.94. The van der Waals surface area contributed by atoms with E-state index < -0.39 is 11.8 Å². The number of primary amides is 1. The number of Topliss-reactive ketones (excluding diaryl/α,β-unsaturated/α-hetero) is 1. The van der Waals surface area contributed by atoms with Crippen molar-refractivity contribution >= 4 is 23.1 Å². The molecule has 1 amide bonds. The number of hydrogen-bond acceptors (Lipinski definition) is 5.